The molecule has 1 atom stereocenters. The summed E-state index contributed by atoms with van der Waals surface area (Å²) in [5.41, 5.74) is 10.1. The normalized spacial score (nSPS) is 18.1. The molecule has 0 aliphatic carbocycles. The van der Waals surface area contributed by atoms with E-state index in [0.29, 0.717) is 55.5 Å². The van der Waals surface area contributed by atoms with E-state index < -0.39 is 6.04 Å². The molecule has 2 amide bonds. The molecule has 2 aromatic heterocycles. The number of H-pyrrole nitrogens is 1. The first-order valence-electron chi connectivity index (χ1n) is 14.2. The number of carbonyl (C=O) groups is 2. The van der Waals surface area contributed by atoms with Gasteiger partial charge >= 0.3 is 0 Å². The van der Waals surface area contributed by atoms with Crippen LogP contribution in [-0.4, -0.2) is 71.1 Å². The Bertz CT molecular complexity index is 1780. The van der Waals surface area contributed by atoms with Crippen molar-refractivity contribution in [3.05, 3.63) is 82.6 Å². The monoisotopic (exact) mass is 612 g/mol. The van der Waals surface area contributed by atoms with Gasteiger partial charge in [0.25, 0.3) is 5.91 Å². The Balaban J connectivity index is 1.22. The van der Waals surface area contributed by atoms with Crippen molar-refractivity contribution in [2.45, 2.75) is 12.5 Å². The average molecular weight is 613 g/mol. The van der Waals surface area contributed by atoms with Crippen molar-refractivity contribution in [2.24, 2.45) is 5.10 Å². The van der Waals surface area contributed by atoms with Gasteiger partial charge in [0.2, 0.25) is 5.91 Å². The zero-order valence-electron chi connectivity index (χ0n) is 23.5. The number of nitrogens with zero attached hydrogens (tertiary/aromatic N) is 6. The molecule has 0 bridgehead atoms. The molecule has 4 aromatic rings. The van der Waals surface area contributed by atoms with Gasteiger partial charge in [-0.15, -0.1) is 5.53 Å². The number of aromatic nitrogens is 3. The van der Waals surface area contributed by atoms with Crippen molar-refractivity contribution in [3.63, 3.8) is 0 Å². The highest BCUT2D eigenvalue weighted by atomic mass is 35.5. The van der Waals surface area contributed by atoms with Crippen molar-refractivity contribution in [3.8, 4) is 0 Å². The lowest BCUT2D eigenvalue weighted by Crippen LogP contribution is -2.46. The molecule has 2 aromatic carbocycles. The highest BCUT2D eigenvalue weighted by Gasteiger charge is 2.37. The van der Waals surface area contributed by atoms with Gasteiger partial charge in [-0.1, -0.05) is 11.6 Å². The molecule has 3 aliphatic rings. The number of pyridine rings is 1. The number of hydrogen-bond acceptors (Lipinski definition) is 10. The zero-order chi connectivity index (χ0) is 30.0. The fourth-order valence-corrected chi connectivity index (χ4v) is 5.97. The summed E-state index contributed by atoms with van der Waals surface area (Å²) in [6, 6.07) is 11.8. The Kier molecular flexibility index (Phi) is 7.56. The van der Waals surface area contributed by atoms with Crippen LogP contribution in [0.2, 0.25) is 5.02 Å². The Morgan fingerprint density at radius 3 is 2.82 bits per heavy atom. The molecule has 224 valence electrons. The lowest BCUT2D eigenvalue weighted by molar-refractivity contribution is -0.135. The first-order chi connectivity index (χ1) is 21.5. The molecule has 14 heteroatoms. The second kappa shape index (κ2) is 12.0. The number of nitrogens with one attached hydrogen (secondary N) is 4. The first-order valence-corrected chi connectivity index (χ1v) is 14.6. The smallest absolute Gasteiger partial charge is 0.251 e. The predicted molar refractivity (Wildman–Crippen MR) is 168 cm³/mol. The van der Waals surface area contributed by atoms with Crippen molar-refractivity contribution < 1.29 is 14.3 Å². The van der Waals surface area contributed by atoms with Crippen molar-refractivity contribution in [1.82, 2.24) is 31.2 Å². The van der Waals surface area contributed by atoms with Crippen LogP contribution >= 0.6 is 11.6 Å². The molecule has 0 spiro atoms. The van der Waals surface area contributed by atoms with Crippen LogP contribution in [0.1, 0.15) is 22.7 Å². The number of hydrazine groups is 2. The lowest BCUT2D eigenvalue weighted by atomic mass is 9.92. The minimum absolute atomic E-state index is 0.309. The molecule has 44 heavy (non-hydrogen) atoms. The summed E-state index contributed by atoms with van der Waals surface area (Å²) >= 11 is 6.30. The van der Waals surface area contributed by atoms with Gasteiger partial charge in [-0.2, -0.15) is 10.2 Å². The largest absolute Gasteiger partial charge is 0.378 e. The number of ether oxygens (including phenoxy) is 1. The molecule has 3 aliphatic heterocycles. The van der Waals surface area contributed by atoms with Gasteiger partial charge in [0, 0.05) is 59.1 Å². The second-order valence-corrected chi connectivity index (χ2v) is 11.0. The average Bonchev–Trinajstić information content (AvgIpc) is 3.76. The van der Waals surface area contributed by atoms with Gasteiger partial charge in [0.1, 0.15) is 18.2 Å². The zero-order valence-corrected chi connectivity index (χ0v) is 24.3. The molecular weight excluding hydrogens is 584 g/mol. The number of fused-ring (bicyclic) bond motifs is 2. The summed E-state index contributed by atoms with van der Waals surface area (Å²) in [5.74, 6) is 0.205. The quantitative estimate of drug-likeness (QED) is 0.242. The molecule has 0 radical (unpaired) electrons. The van der Waals surface area contributed by atoms with E-state index in [2.05, 4.69) is 36.6 Å². The third kappa shape index (κ3) is 5.43. The second-order valence-electron chi connectivity index (χ2n) is 10.5. The van der Waals surface area contributed by atoms with Gasteiger partial charge < -0.3 is 19.9 Å². The van der Waals surface area contributed by atoms with Crippen LogP contribution < -0.4 is 26.3 Å². The number of morpholine rings is 1. The van der Waals surface area contributed by atoms with Crippen LogP contribution in [0.15, 0.2) is 66.0 Å². The summed E-state index contributed by atoms with van der Waals surface area (Å²) in [7, 11) is 0. The van der Waals surface area contributed by atoms with Crippen LogP contribution in [0.4, 0.5) is 17.2 Å². The summed E-state index contributed by atoms with van der Waals surface area (Å²) in [5, 5.41) is 17.1. The summed E-state index contributed by atoms with van der Waals surface area (Å²) in [6.45, 7) is 2.99. The molecule has 1 unspecified atom stereocenters. The maximum absolute atomic E-state index is 14.1. The predicted octanol–water partition coefficient (Wildman–Crippen LogP) is 3.00. The van der Waals surface area contributed by atoms with E-state index in [9.17, 15) is 9.59 Å². The number of rotatable bonds is 6. The number of anilines is 3. The van der Waals surface area contributed by atoms with E-state index in [0.717, 1.165) is 33.5 Å². The first kappa shape index (κ1) is 27.8. The van der Waals surface area contributed by atoms with Gasteiger partial charge in [0.15, 0.2) is 0 Å². The van der Waals surface area contributed by atoms with E-state index >= 15 is 0 Å². The molecule has 1 saturated heterocycles. The third-order valence-corrected chi connectivity index (χ3v) is 8.13. The van der Waals surface area contributed by atoms with Crippen LogP contribution in [0.3, 0.4) is 0 Å². The van der Waals surface area contributed by atoms with Crippen LogP contribution in [-0.2, 0) is 20.7 Å². The summed E-state index contributed by atoms with van der Waals surface area (Å²) in [6.07, 6.45) is 8.73. The van der Waals surface area contributed by atoms with Crippen molar-refractivity contribution in [1.29, 1.82) is 0 Å². The van der Waals surface area contributed by atoms with Crippen LogP contribution in [0.5, 0.6) is 0 Å². The number of hydrazone groups is 1. The number of benzene rings is 2. The summed E-state index contributed by atoms with van der Waals surface area (Å²) < 4.78 is 5.55. The van der Waals surface area contributed by atoms with E-state index in [1.807, 2.05) is 30.3 Å². The van der Waals surface area contributed by atoms with Gasteiger partial charge in [0.05, 0.1) is 30.6 Å². The molecule has 5 heterocycles. The van der Waals surface area contributed by atoms with E-state index in [-0.39, 0.29) is 11.8 Å². The molecule has 7 rings (SSSR count). The topological polar surface area (TPSA) is 143 Å². The van der Waals surface area contributed by atoms with Gasteiger partial charge in [-0.25, -0.2) is 15.5 Å². The number of amides is 2. The molecule has 0 saturated carbocycles. The van der Waals surface area contributed by atoms with E-state index in [1.165, 1.54) is 6.08 Å². The standard InChI is InChI=1S/C30H29ClN10O3/c31-21-3-5-26(41-18-34-37-38-41)19(15-21)2-6-27(42)40-10-8-24-23(7-9-32-29(24)39-11-13-44-14-12-39)28(40)30(43)35-22-4-1-20-17-33-36-25(20)16-22/h1-7,9,15-18,28,37-38H,8,10-14H2,(H,33,36)(H,35,43)/b6-2+. The fraction of sp³-hybridized carbons (Fsp3) is 0.233. The number of carbonyl (C=O) groups excluding carboxylic acids is 2. The highest BCUT2D eigenvalue weighted by Crippen LogP contribution is 2.36. The highest BCUT2D eigenvalue weighted by molar-refractivity contribution is 6.30. The Labute approximate surface area is 257 Å². The van der Waals surface area contributed by atoms with Crippen LogP contribution in [0.25, 0.3) is 17.0 Å². The molecule has 13 nitrogen and oxygen atoms in total. The maximum Gasteiger partial charge on any atom is 0.251 e. The van der Waals surface area contributed by atoms with Crippen LogP contribution in [0, 0.1) is 0 Å². The van der Waals surface area contributed by atoms with E-state index in [4.69, 9.17) is 21.3 Å². The molecular formula is C30H29ClN10O3. The summed E-state index contributed by atoms with van der Waals surface area (Å²) in [4.78, 5) is 36.5. The Hall–Kier alpha value is -4.98. The molecule has 4 N–H and O–H groups in total. The number of hydrogen-bond donors (Lipinski definition) is 4. The number of halogens is 1. The maximum atomic E-state index is 14.1. The Morgan fingerprint density at radius 2 is 1.98 bits per heavy atom. The van der Waals surface area contributed by atoms with Crippen molar-refractivity contribution >= 4 is 63.9 Å². The molecule has 1 fully saturated rings. The van der Waals surface area contributed by atoms with E-state index in [1.54, 1.807) is 46.8 Å². The minimum Gasteiger partial charge on any atom is -0.378 e. The van der Waals surface area contributed by atoms with Crippen molar-refractivity contribution in [2.75, 3.05) is 48.1 Å². The lowest BCUT2D eigenvalue weighted by Gasteiger charge is -2.38. The fourth-order valence-electron chi connectivity index (χ4n) is 5.79. The number of aromatic amines is 1. The Morgan fingerprint density at radius 1 is 1.09 bits per heavy atom. The SMILES string of the molecule is O=C(Nc1ccc2cn[nH]c2c1)C1c2ccnc(N3CCOCC3)c2CCN1C(=O)/C=C/c1cc(Cl)ccc1N1C=NNN1. The van der Waals surface area contributed by atoms with Gasteiger partial charge in [-0.05, 0) is 60.5 Å². The van der Waals surface area contributed by atoms with Gasteiger partial charge in [-0.3, -0.25) is 14.7 Å². The minimum atomic E-state index is -0.883. The third-order valence-electron chi connectivity index (χ3n) is 7.89.